The van der Waals surface area contributed by atoms with Crippen LogP contribution in [-0.4, -0.2) is 90.1 Å². The summed E-state index contributed by atoms with van der Waals surface area (Å²) in [6, 6.07) is 3.78. The molecule has 0 aliphatic carbocycles. The van der Waals surface area contributed by atoms with Gasteiger partial charge in [-0.25, -0.2) is 22.3 Å². The lowest BCUT2D eigenvalue weighted by atomic mass is 9.90. The van der Waals surface area contributed by atoms with Crippen LogP contribution in [0.1, 0.15) is 61.3 Å². The van der Waals surface area contributed by atoms with E-state index in [-0.39, 0.29) is 6.09 Å². The molecule has 0 spiro atoms. The van der Waals surface area contributed by atoms with Crippen molar-refractivity contribution in [2.24, 2.45) is 0 Å². The molecule has 34 heavy (non-hydrogen) atoms. The van der Waals surface area contributed by atoms with Crippen LogP contribution in [0.5, 0.6) is 0 Å². The highest BCUT2D eigenvalue weighted by Gasteiger charge is 2.35. The second-order valence-electron chi connectivity index (χ2n) is 8.90. The molecule has 8 nitrogen and oxygen atoms in total. The smallest absolute Gasteiger partial charge is 0.410 e. The number of carbonyl (C=O) groups is 1. The summed E-state index contributed by atoms with van der Waals surface area (Å²) in [6.45, 7) is 18.6. The van der Waals surface area contributed by atoms with Gasteiger partial charge in [0.05, 0.1) is 17.5 Å². The van der Waals surface area contributed by atoms with Crippen molar-refractivity contribution in [3.8, 4) is 0 Å². The average Bonchev–Trinajstić information content (AvgIpc) is 2.83. The van der Waals surface area contributed by atoms with E-state index in [1.54, 1.807) is 17.2 Å². The number of β-amino-alcohol motifs (C(OH)–C–C–N with tert-alkyl or cyclic N) is 1. The second kappa shape index (κ2) is 16.1. The third-order valence-corrected chi connectivity index (χ3v) is 5.37. The first-order valence-corrected chi connectivity index (χ1v) is 12.8. The first-order chi connectivity index (χ1) is 16.1. The average molecular weight is 496 g/mol. The van der Waals surface area contributed by atoms with Crippen LogP contribution in [0, 0.1) is 0 Å². The minimum absolute atomic E-state index is 0.253. The summed E-state index contributed by atoms with van der Waals surface area (Å²) < 4.78 is 5.44. The third kappa shape index (κ3) is 11.2. The normalized spacial score (nSPS) is 17.7. The van der Waals surface area contributed by atoms with Crippen LogP contribution in [-0.2, 0) is 4.74 Å². The van der Waals surface area contributed by atoms with Gasteiger partial charge in [0.1, 0.15) is 11.4 Å². The van der Waals surface area contributed by atoms with E-state index in [9.17, 15) is 9.90 Å². The molecule has 2 fully saturated rings. The Bertz CT molecular complexity index is 672. The van der Waals surface area contributed by atoms with Gasteiger partial charge in [-0.1, -0.05) is 27.7 Å². The van der Waals surface area contributed by atoms with Crippen molar-refractivity contribution in [1.82, 2.24) is 14.8 Å². The summed E-state index contributed by atoms with van der Waals surface area (Å²) in [5.41, 5.74) is 5.53. The molecule has 10 heteroatoms. The molecule has 2 aliphatic heterocycles. The molecule has 0 saturated carbocycles. The maximum absolute atomic E-state index is 12.2. The molecule has 194 valence electrons. The van der Waals surface area contributed by atoms with Crippen molar-refractivity contribution < 1.29 is 14.6 Å². The monoisotopic (exact) mass is 495 g/mol. The van der Waals surface area contributed by atoms with E-state index < -0.39 is 11.2 Å². The van der Waals surface area contributed by atoms with E-state index in [2.05, 4.69) is 34.4 Å². The Labute approximate surface area is 213 Å². The Morgan fingerprint density at radius 3 is 2.06 bits per heavy atom. The quantitative estimate of drug-likeness (QED) is 0.436. The van der Waals surface area contributed by atoms with Crippen molar-refractivity contribution in [2.45, 2.75) is 72.5 Å². The molecule has 1 aromatic rings. The number of hydrogen-bond acceptors (Lipinski definition) is 8. The fraction of sp³-hybridized carbons (Fsp3) is 0.750. The lowest BCUT2D eigenvalue weighted by molar-refractivity contribution is -0.0303. The zero-order valence-corrected chi connectivity index (χ0v) is 23.1. The van der Waals surface area contributed by atoms with Gasteiger partial charge in [0.2, 0.25) is 0 Å². The molecule has 2 aliphatic rings. The molecule has 0 bridgehead atoms. The second-order valence-corrected chi connectivity index (χ2v) is 8.90. The molecular formula is C24H46BN5O3S. The standard InChI is InChI=1S/C20H33N5O3.2C2H6.BHS/c1-19(2,3)28-18(26)25-12-10-23(11-13-25)15-20(27)6-8-24(9-7-20)16-4-5-17(21)22-14-16;3*1-2/h4-5,14,27H,6-13,15H2,1-3H3,(H2,21,22);2*1-2H3;2H. The fourth-order valence-electron chi connectivity index (χ4n) is 3.76. The number of piperazine rings is 1. The number of nitrogen functional groups attached to an aromatic ring is 1. The lowest BCUT2D eigenvalue weighted by Gasteiger charge is -2.43. The van der Waals surface area contributed by atoms with Crippen molar-refractivity contribution in [2.75, 3.05) is 56.4 Å². The molecular weight excluding hydrogens is 449 g/mol. The van der Waals surface area contributed by atoms with Crippen LogP contribution in [0.2, 0.25) is 0 Å². The number of pyridine rings is 1. The van der Waals surface area contributed by atoms with Gasteiger partial charge in [0, 0.05) is 45.8 Å². The SMILES string of the molecule is CC.CC.CC(C)(C)OC(=O)N1CCN(CC2(O)CCN(c3ccc(N)nc3)CC2)CC1.[B]S. The molecule has 3 rings (SSSR count). The fourth-order valence-corrected chi connectivity index (χ4v) is 3.76. The Kier molecular flexibility index (Phi) is 15.3. The molecule has 1 amide bonds. The van der Waals surface area contributed by atoms with Crippen molar-refractivity contribution in [3.63, 3.8) is 0 Å². The van der Waals surface area contributed by atoms with Gasteiger partial charge < -0.3 is 25.4 Å². The van der Waals surface area contributed by atoms with E-state index in [0.29, 0.717) is 38.3 Å². The highest BCUT2D eigenvalue weighted by Crippen LogP contribution is 2.27. The summed E-state index contributed by atoms with van der Waals surface area (Å²) in [4.78, 5) is 22.6. The molecule has 3 N–H and O–H groups in total. The van der Waals surface area contributed by atoms with Gasteiger partial charge in [-0.05, 0) is 45.7 Å². The minimum atomic E-state index is -0.689. The Balaban J connectivity index is 0.00000168. The summed E-state index contributed by atoms with van der Waals surface area (Å²) >= 11 is 3.03. The van der Waals surface area contributed by atoms with E-state index in [0.717, 1.165) is 31.9 Å². The maximum Gasteiger partial charge on any atom is 0.410 e. The zero-order chi connectivity index (χ0) is 26.4. The van der Waals surface area contributed by atoms with Crippen LogP contribution in [0.25, 0.3) is 0 Å². The lowest BCUT2D eigenvalue weighted by Crippen LogP contribution is -2.56. The number of anilines is 2. The predicted molar refractivity (Wildman–Crippen MR) is 147 cm³/mol. The zero-order valence-electron chi connectivity index (χ0n) is 22.3. The number of rotatable bonds is 3. The number of aromatic nitrogens is 1. The van der Waals surface area contributed by atoms with E-state index in [1.807, 2.05) is 54.5 Å². The summed E-state index contributed by atoms with van der Waals surface area (Å²) in [7, 11) is 4.19. The van der Waals surface area contributed by atoms with Crippen LogP contribution in [0.4, 0.5) is 16.3 Å². The molecule has 2 saturated heterocycles. The van der Waals surface area contributed by atoms with Crippen molar-refractivity contribution in [1.29, 1.82) is 0 Å². The topological polar surface area (TPSA) is 95.2 Å². The summed E-state index contributed by atoms with van der Waals surface area (Å²) in [5.74, 6) is 0.516. The van der Waals surface area contributed by atoms with Crippen LogP contribution in [0.15, 0.2) is 18.3 Å². The first-order valence-electron chi connectivity index (χ1n) is 12.3. The number of ether oxygens (including phenoxy) is 1. The third-order valence-electron chi connectivity index (χ3n) is 5.37. The van der Waals surface area contributed by atoms with Gasteiger partial charge in [0.15, 0.2) is 7.12 Å². The molecule has 0 atom stereocenters. The predicted octanol–water partition coefficient (Wildman–Crippen LogP) is 3.60. The Morgan fingerprint density at radius 1 is 1.09 bits per heavy atom. The highest BCUT2D eigenvalue weighted by molar-refractivity contribution is 8.03. The number of nitrogens with two attached hydrogens (primary N) is 1. The number of hydrogen-bond donors (Lipinski definition) is 3. The van der Waals surface area contributed by atoms with E-state index in [4.69, 9.17) is 10.5 Å². The number of amides is 1. The Morgan fingerprint density at radius 2 is 1.62 bits per heavy atom. The number of thiol groups is 1. The molecule has 2 radical (unpaired) electrons. The number of nitrogens with zero attached hydrogens (tertiary/aromatic N) is 4. The van der Waals surface area contributed by atoms with E-state index in [1.165, 1.54) is 0 Å². The molecule has 3 heterocycles. The van der Waals surface area contributed by atoms with Gasteiger partial charge in [-0.15, -0.1) is 0 Å². The van der Waals surface area contributed by atoms with Gasteiger partial charge in [0.25, 0.3) is 0 Å². The largest absolute Gasteiger partial charge is 0.444 e. The molecule has 0 unspecified atom stereocenters. The summed E-state index contributed by atoms with van der Waals surface area (Å²) in [5, 5.41) is 11.1. The van der Waals surface area contributed by atoms with Crippen molar-refractivity contribution in [3.05, 3.63) is 18.3 Å². The first kappa shape index (κ1) is 32.4. The van der Waals surface area contributed by atoms with Crippen molar-refractivity contribution >= 4 is 37.2 Å². The van der Waals surface area contributed by atoms with Crippen LogP contribution < -0.4 is 10.6 Å². The molecule has 1 aromatic heterocycles. The van der Waals surface area contributed by atoms with Gasteiger partial charge in [-0.2, -0.15) is 0 Å². The minimum Gasteiger partial charge on any atom is -0.444 e. The Hall–Kier alpha value is -1.65. The van der Waals surface area contributed by atoms with Gasteiger partial charge in [-0.3, -0.25) is 4.90 Å². The highest BCUT2D eigenvalue weighted by atomic mass is 32.1. The maximum atomic E-state index is 12.2. The van der Waals surface area contributed by atoms with Gasteiger partial charge >= 0.3 is 6.09 Å². The van der Waals surface area contributed by atoms with Crippen LogP contribution in [0.3, 0.4) is 0 Å². The van der Waals surface area contributed by atoms with E-state index >= 15 is 0 Å². The number of aliphatic hydroxyl groups is 1. The number of piperidine rings is 1. The molecule has 0 aromatic carbocycles. The van der Waals surface area contributed by atoms with Crippen LogP contribution >= 0.6 is 12.5 Å². The number of carbonyl (C=O) groups excluding carboxylic acids is 1. The summed E-state index contributed by atoms with van der Waals surface area (Å²) in [6.07, 6.45) is 2.96.